The molecule has 1 aliphatic rings. The van der Waals surface area contributed by atoms with Gasteiger partial charge in [-0.05, 0) is 47.5 Å². The smallest absolute Gasteiger partial charge is 0.283 e. The summed E-state index contributed by atoms with van der Waals surface area (Å²) in [7, 11) is 1.48. The van der Waals surface area contributed by atoms with E-state index in [1.807, 2.05) is 12.3 Å². The second kappa shape index (κ2) is 13.7. The van der Waals surface area contributed by atoms with E-state index in [9.17, 15) is 13.6 Å². The first-order valence-electron chi connectivity index (χ1n) is 12.5. The SMILES string of the molecule is O=C(Nc1cccc(C(S)N/C=C/N=CCc2cccc(N3CCOCC3)c2)c1)c1cccc(C(F)(F)P)c1. The van der Waals surface area contributed by atoms with Crippen molar-refractivity contribution in [1.29, 1.82) is 0 Å². The zero-order chi connectivity index (χ0) is 27.7. The van der Waals surface area contributed by atoms with E-state index in [1.165, 1.54) is 44.8 Å². The third kappa shape index (κ3) is 8.62. The number of carbonyl (C=O) groups is 1. The predicted octanol–water partition coefficient (Wildman–Crippen LogP) is 6.00. The van der Waals surface area contributed by atoms with Crippen LogP contribution in [0.2, 0.25) is 0 Å². The molecule has 0 spiro atoms. The summed E-state index contributed by atoms with van der Waals surface area (Å²) in [5.41, 5.74) is 0.528. The summed E-state index contributed by atoms with van der Waals surface area (Å²) in [5, 5.41) is 5.54. The highest BCUT2D eigenvalue weighted by molar-refractivity contribution is 7.80. The lowest BCUT2D eigenvalue weighted by atomic mass is 10.1. The summed E-state index contributed by atoms with van der Waals surface area (Å²) in [6.07, 6.45) is 5.93. The van der Waals surface area contributed by atoms with Crippen LogP contribution in [0.15, 0.2) is 90.2 Å². The molecule has 1 fully saturated rings. The molecule has 204 valence electrons. The molecule has 2 atom stereocenters. The number of hydrogen-bond donors (Lipinski definition) is 3. The predicted molar refractivity (Wildman–Crippen MR) is 160 cm³/mol. The lowest BCUT2D eigenvalue weighted by Gasteiger charge is -2.29. The average molecular weight is 569 g/mol. The fourth-order valence-corrected chi connectivity index (χ4v) is 4.48. The number of halogens is 2. The molecule has 1 aliphatic heterocycles. The van der Waals surface area contributed by atoms with E-state index in [4.69, 9.17) is 4.74 Å². The maximum Gasteiger partial charge on any atom is 0.283 e. The molecule has 39 heavy (non-hydrogen) atoms. The zero-order valence-corrected chi connectivity index (χ0v) is 23.3. The molecule has 6 nitrogen and oxygen atoms in total. The van der Waals surface area contributed by atoms with Gasteiger partial charge in [-0.1, -0.05) is 45.6 Å². The Morgan fingerprint density at radius 1 is 1.10 bits per heavy atom. The summed E-state index contributed by atoms with van der Waals surface area (Å²) in [4.78, 5) is 19.3. The third-order valence-corrected chi connectivity index (χ3v) is 6.88. The molecule has 0 aromatic heterocycles. The second-order valence-corrected chi connectivity index (χ2v) is 10.2. The van der Waals surface area contributed by atoms with Gasteiger partial charge in [0.1, 0.15) is 0 Å². The fraction of sp³-hybridized carbons (Fsp3) is 0.241. The van der Waals surface area contributed by atoms with Crippen LogP contribution in [0.25, 0.3) is 0 Å². The van der Waals surface area contributed by atoms with Crippen LogP contribution in [-0.4, -0.2) is 38.4 Å². The number of thiol groups is 1. The molecule has 1 amide bonds. The van der Waals surface area contributed by atoms with E-state index in [0.717, 1.165) is 31.9 Å². The van der Waals surface area contributed by atoms with Crippen molar-refractivity contribution in [3.8, 4) is 0 Å². The highest BCUT2D eigenvalue weighted by Gasteiger charge is 2.25. The molecule has 1 saturated heterocycles. The number of hydrogen-bond acceptors (Lipinski definition) is 6. The molecule has 1 heterocycles. The van der Waals surface area contributed by atoms with Crippen molar-refractivity contribution in [2.24, 2.45) is 4.99 Å². The molecule has 3 aromatic carbocycles. The van der Waals surface area contributed by atoms with Crippen molar-refractivity contribution in [3.63, 3.8) is 0 Å². The number of amides is 1. The first-order valence-corrected chi connectivity index (χ1v) is 13.6. The minimum absolute atomic E-state index is 0.147. The Morgan fingerprint density at radius 2 is 1.87 bits per heavy atom. The Bertz CT molecular complexity index is 1330. The number of carbonyl (C=O) groups excluding carboxylic acids is 1. The standard InChI is InChI=1S/C29H31F2N4O2PS/c30-29(31,38)24-7-2-5-22(19-24)27(36)34-25-8-3-6-23(20-25)28(39)33-13-12-32-11-10-21-4-1-9-26(18-21)35-14-16-37-17-15-35/h1-9,11-13,18-20,28,33,39H,10,14-17,38H2,(H,34,36)/b13-12+,32-11?. The Balaban J connectivity index is 1.27. The lowest BCUT2D eigenvalue weighted by molar-refractivity contribution is 0.101. The summed E-state index contributed by atoms with van der Waals surface area (Å²) >= 11 is 4.59. The van der Waals surface area contributed by atoms with Crippen molar-refractivity contribution in [2.45, 2.75) is 17.5 Å². The van der Waals surface area contributed by atoms with Gasteiger partial charge in [0, 0.05) is 60.6 Å². The average Bonchev–Trinajstić information content (AvgIpc) is 2.95. The van der Waals surface area contributed by atoms with Crippen LogP contribution in [-0.2, 0) is 16.8 Å². The minimum Gasteiger partial charge on any atom is -0.378 e. The van der Waals surface area contributed by atoms with Crippen LogP contribution >= 0.6 is 21.9 Å². The summed E-state index contributed by atoms with van der Waals surface area (Å²) in [6.45, 7) is 3.32. The monoisotopic (exact) mass is 568 g/mol. The van der Waals surface area contributed by atoms with E-state index < -0.39 is 11.6 Å². The zero-order valence-electron chi connectivity index (χ0n) is 21.3. The van der Waals surface area contributed by atoms with Gasteiger partial charge in [0.25, 0.3) is 11.6 Å². The minimum atomic E-state index is -3.10. The first kappa shape index (κ1) is 28.7. The molecule has 4 rings (SSSR count). The summed E-state index contributed by atoms with van der Waals surface area (Å²) < 4.78 is 32.6. The largest absolute Gasteiger partial charge is 0.378 e. The highest BCUT2D eigenvalue weighted by Crippen LogP contribution is 2.35. The molecule has 0 aliphatic carbocycles. The van der Waals surface area contributed by atoms with Gasteiger partial charge < -0.3 is 20.3 Å². The Morgan fingerprint density at radius 3 is 2.67 bits per heavy atom. The Labute approximate surface area is 235 Å². The van der Waals surface area contributed by atoms with Crippen LogP contribution in [0.1, 0.15) is 32.4 Å². The number of nitrogens with zero attached hydrogens (tertiary/aromatic N) is 2. The number of anilines is 2. The van der Waals surface area contributed by atoms with Crippen molar-refractivity contribution in [2.75, 3.05) is 36.5 Å². The highest BCUT2D eigenvalue weighted by atomic mass is 32.1. The molecule has 10 heteroatoms. The van der Waals surface area contributed by atoms with Gasteiger partial charge >= 0.3 is 0 Å². The van der Waals surface area contributed by atoms with Gasteiger partial charge in [-0.2, -0.15) is 8.78 Å². The molecular weight excluding hydrogens is 537 g/mol. The number of morpholine rings is 1. The van der Waals surface area contributed by atoms with Crippen molar-refractivity contribution in [1.82, 2.24) is 5.32 Å². The van der Waals surface area contributed by atoms with E-state index in [0.29, 0.717) is 12.1 Å². The number of nitrogens with one attached hydrogen (secondary N) is 2. The van der Waals surface area contributed by atoms with Gasteiger partial charge in [-0.15, -0.1) is 12.6 Å². The number of ether oxygens (including phenoxy) is 1. The van der Waals surface area contributed by atoms with Crippen LogP contribution in [0.4, 0.5) is 20.2 Å². The van der Waals surface area contributed by atoms with Crippen LogP contribution in [0.5, 0.6) is 0 Å². The van der Waals surface area contributed by atoms with Crippen LogP contribution in [0, 0.1) is 0 Å². The van der Waals surface area contributed by atoms with Gasteiger partial charge in [0.2, 0.25) is 0 Å². The molecular formula is C29H31F2N4O2PS. The van der Waals surface area contributed by atoms with E-state index in [-0.39, 0.29) is 16.5 Å². The van der Waals surface area contributed by atoms with Crippen molar-refractivity contribution in [3.05, 3.63) is 107 Å². The molecule has 3 aromatic rings. The number of alkyl halides is 2. The fourth-order valence-electron chi connectivity index (χ4n) is 4.05. The molecule has 2 N–H and O–H groups in total. The maximum atomic E-state index is 13.6. The second-order valence-electron chi connectivity index (χ2n) is 8.97. The van der Waals surface area contributed by atoms with Gasteiger partial charge in [0.15, 0.2) is 0 Å². The third-order valence-electron chi connectivity index (χ3n) is 6.10. The molecule has 0 saturated carbocycles. The molecule has 0 bridgehead atoms. The number of benzene rings is 3. The Kier molecular flexibility index (Phi) is 10.1. The summed E-state index contributed by atoms with van der Waals surface area (Å²) in [5.74, 6) is -0.475. The van der Waals surface area contributed by atoms with Crippen LogP contribution < -0.4 is 15.5 Å². The Hall–Kier alpha value is -3.26. The van der Waals surface area contributed by atoms with E-state index in [1.54, 1.807) is 30.6 Å². The maximum absolute atomic E-state index is 13.6. The van der Waals surface area contributed by atoms with Gasteiger partial charge in [-0.3, -0.25) is 9.79 Å². The first-order chi connectivity index (χ1) is 18.8. The van der Waals surface area contributed by atoms with E-state index in [2.05, 4.69) is 57.4 Å². The lowest BCUT2D eigenvalue weighted by Crippen LogP contribution is -2.36. The van der Waals surface area contributed by atoms with Gasteiger partial charge in [0.05, 0.1) is 18.6 Å². The number of rotatable bonds is 10. The summed E-state index contributed by atoms with van der Waals surface area (Å²) in [6, 6.07) is 21.0. The van der Waals surface area contributed by atoms with Crippen LogP contribution in [0.3, 0.4) is 0 Å². The topological polar surface area (TPSA) is 66.0 Å². The number of aliphatic imine (C=N–C) groups is 1. The normalized spacial score (nSPS) is 15.0. The quantitative estimate of drug-likeness (QED) is 0.121. The van der Waals surface area contributed by atoms with Crippen molar-refractivity contribution >= 4 is 45.4 Å². The molecule has 2 unspecified atom stereocenters. The van der Waals surface area contributed by atoms with Crippen molar-refractivity contribution < 1.29 is 18.3 Å². The molecule has 0 radical (unpaired) electrons. The van der Waals surface area contributed by atoms with E-state index >= 15 is 0 Å². The van der Waals surface area contributed by atoms with Gasteiger partial charge in [-0.25, -0.2) is 0 Å².